The van der Waals surface area contributed by atoms with Crippen molar-refractivity contribution in [3.63, 3.8) is 0 Å². The number of esters is 2. The second-order valence-corrected chi connectivity index (χ2v) is 13.1. The van der Waals surface area contributed by atoms with E-state index >= 15 is 0 Å². The van der Waals surface area contributed by atoms with Crippen LogP contribution < -0.4 is 0 Å². The smallest absolute Gasteiger partial charge is 0.305 e. The molecule has 1 rings (SSSR count). The van der Waals surface area contributed by atoms with E-state index in [1.807, 2.05) is 0 Å². The number of hydrogen-bond donors (Lipinski definition) is 1. The van der Waals surface area contributed by atoms with Crippen molar-refractivity contribution in [2.75, 3.05) is 13.2 Å². The fourth-order valence-electron chi connectivity index (χ4n) is 5.47. The first-order chi connectivity index (χ1) is 22.6. The van der Waals surface area contributed by atoms with Crippen LogP contribution in [-0.4, -0.2) is 48.6 Å². The highest BCUT2D eigenvalue weighted by Crippen LogP contribution is 2.29. The van der Waals surface area contributed by atoms with Gasteiger partial charge in [-0.2, -0.15) is 0 Å². The van der Waals surface area contributed by atoms with E-state index in [4.69, 9.17) is 14.2 Å². The van der Waals surface area contributed by atoms with Crippen molar-refractivity contribution in [1.29, 1.82) is 0 Å². The molecule has 1 aliphatic heterocycles. The normalized spacial score (nSPS) is 16.9. The fourth-order valence-corrected chi connectivity index (χ4v) is 5.47. The summed E-state index contributed by atoms with van der Waals surface area (Å²) in [6, 6.07) is 0. The van der Waals surface area contributed by atoms with E-state index in [0.717, 1.165) is 44.9 Å². The van der Waals surface area contributed by atoms with E-state index < -0.39 is 6.10 Å². The predicted octanol–water partition coefficient (Wildman–Crippen LogP) is 10.7. The summed E-state index contributed by atoms with van der Waals surface area (Å²) in [7, 11) is 0. The number of carbonyl (C=O) groups is 2. The van der Waals surface area contributed by atoms with Crippen LogP contribution in [0.2, 0.25) is 0 Å². The Hall–Kier alpha value is -1.92. The van der Waals surface area contributed by atoms with Crippen LogP contribution in [0.4, 0.5) is 0 Å². The average molecular weight is 647 g/mol. The Bertz CT molecular complexity index is 804. The van der Waals surface area contributed by atoms with Crippen molar-refractivity contribution in [2.24, 2.45) is 0 Å². The van der Waals surface area contributed by atoms with Crippen molar-refractivity contribution in [3.8, 4) is 0 Å². The van der Waals surface area contributed by atoms with Crippen LogP contribution in [0.25, 0.3) is 0 Å². The molecule has 0 saturated carbocycles. The zero-order valence-corrected chi connectivity index (χ0v) is 29.8. The van der Waals surface area contributed by atoms with Crippen molar-refractivity contribution in [2.45, 2.75) is 193 Å². The molecule has 2 unspecified atom stereocenters. The second kappa shape index (κ2) is 31.7. The van der Waals surface area contributed by atoms with Crippen LogP contribution >= 0.6 is 0 Å². The van der Waals surface area contributed by atoms with E-state index in [0.29, 0.717) is 31.5 Å². The van der Waals surface area contributed by atoms with Gasteiger partial charge in [-0.25, -0.2) is 0 Å². The van der Waals surface area contributed by atoms with Crippen molar-refractivity contribution in [1.82, 2.24) is 0 Å². The van der Waals surface area contributed by atoms with Gasteiger partial charge in [-0.1, -0.05) is 147 Å². The molecule has 1 saturated heterocycles. The van der Waals surface area contributed by atoms with E-state index in [2.05, 4.69) is 50.3 Å². The van der Waals surface area contributed by atoms with Gasteiger partial charge >= 0.3 is 11.9 Å². The number of hydrogen-bond acceptors (Lipinski definition) is 6. The molecule has 0 aromatic heterocycles. The molecule has 0 amide bonds. The summed E-state index contributed by atoms with van der Waals surface area (Å²) in [6.07, 6.45) is 40.8. The number of unbranched alkanes of at least 4 members (excludes halogenated alkanes) is 17. The summed E-state index contributed by atoms with van der Waals surface area (Å²) in [5.41, 5.74) is 0. The van der Waals surface area contributed by atoms with Gasteiger partial charge in [0.2, 0.25) is 0 Å². The van der Waals surface area contributed by atoms with Crippen molar-refractivity contribution in [3.05, 3.63) is 36.5 Å². The van der Waals surface area contributed by atoms with Gasteiger partial charge in [-0.3, -0.25) is 9.59 Å². The van der Waals surface area contributed by atoms with Gasteiger partial charge in [-0.05, 0) is 51.4 Å². The Morgan fingerprint density at radius 1 is 0.565 bits per heavy atom. The molecular formula is C40H70O6. The van der Waals surface area contributed by atoms with Crippen molar-refractivity contribution >= 4 is 11.9 Å². The molecule has 1 aliphatic rings. The number of carbonyl (C=O) groups excluding carboxylic acids is 2. The van der Waals surface area contributed by atoms with E-state index in [1.165, 1.54) is 96.3 Å². The minimum absolute atomic E-state index is 0.135. The maximum Gasteiger partial charge on any atom is 0.305 e. The minimum Gasteiger partial charge on any atom is -0.463 e. The maximum atomic E-state index is 12.0. The van der Waals surface area contributed by atoms with Gasteiger partial charge in [0.1, 0.15) is 19.3 Å². The van der Waals surface area contributed by atoms with Crippen LogP contribution in [0.3, 0.4) is 0 Å². The third-order valence-electron chi connectivity index (χ3n) is 8.53. The highest BCUT2D eigenvalue weighted by atomic mass is 16.6. The zero-order valence-electron chi connectivity index (χ0n) is 29.8. The summed E-state index contributed by atoms with van der Waals surface area (Å²) in [5, 5.41) is 10.0. The Balaban J connectivity index is 1.87. The molecule has 0 aromatic rings. The molecular weight excluding hydrogens is 576 g/mol. The van der Waals surface area contributed by atoms with E-state index in [9.17, 15) is 14.7 Å². The number of rotatable bonds is 33. The number of allylic oxidation sites excluding steroid dienone is 4. The summed E-state index contributed by atoms with van der Waals surface area (Å²) < 4.78 is 16.0. The lowest BCUT2D eigenvalue weighted by Crippen LogP contribution is -2.25. The largest absolute Gasteiger partial charge is 0.463 e. The number of aliphatic hydroxyl groups excluding tert-OH is 1. The SMILES string of the molecule is CCCCC/C=C\C/C=C\CC1OC1C/C=C\CCCC(=O)OC[C@@H](O)COC(=O)CCCCCCCCCCCCCCCC. The van der Waals surface area contributed by atoms with Gasteiger partial charge in [0.25, 0.3) is 0 Å². The van der Waals surface area contributed by atoms with Crippen molar-refractivity contribution < 1.29 is 28.9 Å². The Morgan fingerprint density at radius 2 is 0.978 bits per heavy atom. The maximum absolute atomic E-state index is 12.0. The molecule has 6 heteroatoms. The lowest BCUT2D eigenvalue weighted by atomic mass is 10.0. The minimum atomic E-state index is -0.988. The van der Waals surface area contributed by atoms with E-state index in [-0.39, 0.29) is 25.2 Å². The number of aliphatic hydroxyl groups is 1. The van der Waals surface area contributed by atoms with Crippen LogP contribution in [0.1, 0.15) is 174 Å². The molecule has 6 nitrogen and oxygen atoms in total. The van der Waals surface area contributed by atoms with Gasteiger partial charge < -0.3 is 19.3 Å². The molecule has 0 bridgehead atoms. The second-order valence-electron chi connectivity index (χ2n) is 13.1. The van der Waals surface area contributed by atoms with Gasteiger partial charge in [0, 0.05) is 12.8 Å². The van der Waals surface area contributed by atoms with E-state index in [1.54, 1.807) is 0 Å². The molecule has 266 valence electrons. The van der Waals surface area contributed by atoms with Crippen LogP contribution in [-0.2, 0) is 23.8 Å². The molecule has 3 atom stereocenters. The van der Waals surface area contributed by atoms with Crippen LogP contribution in [0.5, 0.6) is 0 Å². The topological polar surface area (TPSA) is 85.4 Å². The highest BCUT2D eigenvalue weighted by molar-refractivity contribution is 5.69. The Kier molecular flexibility index (Phi) is 29.0. The molecule has 0 aliphatic carbocycles. The molecule has 0 spiro atoms. The zero-order chi connectivity index (χ0) is 33.3. The van der Waals surface area contributed by atoms with Gasteiger partial charge in [0.15, 0.2) is 0 Å². The quantitative estimate of drug-likeness (QED) is 0.0330. The summed E-state index contributed by atoms with van der Waals surface area (Å²) in [6.45, 7) is 4.21. The average Bonchev–Trinajstić information content (AvgIpc) is 3.81. The van der Waals surface area contributed by atoms with Crippen LogP contribution in [0.15, 0.2) is 36.5 Å². The Morgan fingerprint density at radius 3 is 1.54 bits per heavy atom. The summed E-state index contributed by atoms with van der Waals surface area (Å²) >= 11 is 0. The molecule has 1 heterocycles. The molecule has 0 aromatic carbocycles. The molecule has 46 heavy (non-hydrogen) atoms. The summed E-state index contributed by atoms with van der Waals surface area (Å²) in [5.74, 6) is -0.634. The number of epoxide rings is 1. The lowest BCUT2D eigenvalue weighted by molar-refractivity contribution is -0.152. The fraction of sp³-hybridized carbons (Fsp3) is 0.800. The predicted molar refractivity (Wildman–Crippen MR) is 191 cm³/mol. The number of ether oxygens (including phenoxy) is 3. The standard InChI is InChI=1S/C40H70O6/c1-3-5-7-9-11-13-14-15-16-17-19-21-23-28-32-39(42)44-34-36(41)35-45-40(43)33-29-25-24-27-31-38-37(46-38)30-26-22-20-18-12-10-8-6-4-2/h12,18,22,24,26-27,36-38,41H,3-11,13-17,19-21,23,25,28-35H2,1-2H3/b18-12-,26-22-,27-24-/t36-,37?,38?/m0/s1. The summed E-state index contributed by atoms with van der Waals surface area (Å²) in [4.78, 5) is 23.9. The molecule has 1 fully saturated rings. The molecule has 1 N–H and O–H groups in total. The Labute approximate surface area is 282 Å². The van der Waals surface area contributed by atoms with Gasteiger partial charge in [0.05, 0.1) is 12.2 Å². The highest BCUT2D eigenvalue weighted by Gasteiger charge is 2.35. The third-order valence-corrected chi connectivity index (χ3v) is 8.53. The van der Waals surface area contributed by atoms with Gasteiger partial charge in [-0.15, -0.1) is 0 Å². The monoisotopic (exact) mass is 647 g/mol. The van der Waals surface area contributed by atoms with Crippen LogP contribution in [0, 0.1) is 0 Å². The lowest BCUT2D eigenvalue weighted by Gasteiger charge is -2.12. The first-order valence-electron chi connectivity index (χ1n) is 19.2. The first kappa shape index (κ1) is 42.1. The molecule has 0 radical (unpaired) electrons. The first-order valence-corrected chi connectivity index (χ1v) is 19.2. The third kappa shape index (κ3) is 28.3.